The first-order valence-corrected chi connectivity index (χ1v) is 5.08. The van der Waals surface area contributed by atoms with Gasteiger partial charge in [-0.1, -0.05) is 12.1 Å². The van der Waals surface area contributed by atoms with Gasteiger partial charge < -0.3 is 10.5 Å². The molecule has 0 spiro atoms. The van der Waals surface area contributed by atoms with E-state index < -0.39 is 0 Å². The van der Waals surface area contributed by atoms with Crippen molar-refractivity contribution in [3.05, 3.63) is 42.1 Å². The van der Waals surface area contributed by atoms with Crippen molar-refractivity contribution in [1.82, 2.24) is 4.98 Å². The maximum absolute atomic E-state index is 5.89. The highest BCUT2D eigenvalue weighted by Crippen LogP contribution is 2.29. The predicted molar refractivity (Wildman–Crippen MR) is 65.4 cm³/mol. The van der Waals surface area contributed by atoms with Crippen LogP contribution in [-0.2, 0) is 0 Å². The van der Waals surface area contributed by atoms with Crippen LogP contribution < -0.4 is 10.5 Å². The number of anilines is 1. The zero-order valence-electron chi connectivity index (χ0n) is 9.40. The van der Waals surface area contributed by atoms with Gasteiger partial charge in [-0.2, -0.15) is 0 Å². The van der Waals surface area contributed by atoms with Crippen LogP contribution in [0.5, 0.6) is 5.88 Å². The third kappa shape index (κ3) is 1.84. The van der Waals surface area contributed by atoms with E-state index in [-0.39, 0.29) is 0 Å². The summed E-state index contributed by atoms with van der Waals surface area (Å²) in [6, 6.07) is 9.81. The first kappa shape index (κ1) is 10.5. The topological polar surface area (TPSA) is 48.1 Å². The predicted octanol–water partition coefficient (Wildman–Crippen LogP) is 2.65. The Kier molecular flexibility index (Phi) is 2.77. The first-order valence-electron chi connectivity index (χ1n) is 5.08. The Morgan fingerprint density at radius 1 is 1.25 bits per heavy atom. The molecule has 0 amide bonds. The van der Waals surface area contributed by atoms with Gasteiger partial charge in [0.25, 0.3) is 0 Å². The molecule has 0 aliphatic heterocycles. The molecule has 0 fully saturated rings. The number of ether oxygens (including phenoxy) is 1. The van der Waals surface area contributed by atoms with Crippen LogP contribution >= 0.6 is 0 Å². The molecule has 82 valence electrons. The second kappa shape index (κ2) is 4.23. The van der Waals surface area contributed by atoms with E-state index in [1.54, 1.807) is 13.3 Å². The lowest BCUT2D eigenvalue weighted by atomic mass is 10.0. The summed E-state index contributed by atoms with van der Waals surface area (Å²) < 4.78 is 5.22. The number of nitrogen functional groups attached to an aromatic ring is 1. The highest BCUT2D eigenvalue weighted by Gasteiger charge is 2.06. The van der Waals surface area contributed by atoms with Gasteiger partial charge in [0.05, 0.1) is 7.11 Å². The summed E-state index contributed by atoms with van der Waals surface area (Å²) in [7, 11) is 1.61. The van der Waals surface area contributed by atoms with Crippen LogP contribution in [0, 0.1) is 6.92 Å². The van der Waals surface area contributed by atoms with E-state index in [0.717, 1.165) is 22.4 Å². The molecular formula is C13H14N2O. The number of benzene rings is 1. The number of hydrogen-bond acceptors (Lipinski definition) is 3. The number of aryl methyl sites for hydroxylation is 1. The van der Waals surface area contributed by atoms with Crippen molar-refractivity contribution in [3.63, 3.8) is 0 Å². The van der Waals surface area contributed by atoms with E-state index in [9.17, 15) is 0 Å². The van der Waals surface area contributed by atoms with Crippen molar-refractivity contribution < 1.29 is 4.74 Å². The Bertz CT molecular complexity index is 509. The summed E-state index contributed by atoms with van der Waals surface area (Å²) in [5.74, 6) is 0.616. The molecule has 0 saturated carbocycles. The van der Waals surface area contributed by atoms with E-state index in [2.05, 4.69) is 4.98 Å². The molecule has 2 rings (SSSR count). The van der Waals surface area contributed by atoms with Gasteiger partial charge in [0.15, 0.2) is 0 Å². The summed E-state index contributed by atoms with van der Waals surface area (Å²) in [5.41, 5.74) is 9.72. The van der Waals surface area contributed by atoms with Gasteiger partial charge in [-0.3, -0.25) is 0 Å². The fraction of sp³-hybridized carbons (Fsp3) is 0.154. The zero-order chi connectivity index (χ0) is 11.5. The Hall–Kier alpha value is -2.03. The third-order valence-corrected chi connectivity index (χ3v) is 2.55. The number of aromatic nitrogens is 1. The number of methoxy groups -OCH3 is 1. The van der Waals surface area contributed by atoms with Gasteiger partial charge in [0.2, 0.25) is 5.88 Å². The van der Waals surface area contributed by atoms with Crippen LogP contribution in [0.25, 0.3) is 11.1 Å². The van der Waals surface area contributed by atoms with Crippen LogP contribution in [0.2, 0.25) is 0 Å². The van der Waals surface area contributed by atoms with Crippen molar-refractivity contribution in [2.45, 2.75) is 6.92 Å². The third-order valence-electron chi connectivity index (χ3n) is 2.55. The largest absolute Gasteiger partial charge is 0.481 e. The van der Waals surface area contributed by atoms with Gasteiger partial charge in [0, 0.05) is 17.4 Å². The van der Waals surface area contributed by atoms with Gasteiger partial charge in [-0.15, -0.1) is 0 Å². The molecule has 0 atom stereocenters. The Morgan fingerprint density at radius 2 is 2.06 bits per heavy atom. The Morgan fingerprint density at radius 3 is 2.75 bits per heavy atom. The molecule has 1 heterocycles. The SMILES string of the molecule is COc1ncccc1-c1ccc(C)c(N)c1. The smallest absolute Gasteiger partial charge is 0.221 e. The van der Waals surface area contributed by atoms with Crippen molar-refractivity contribution in [2.75, 3.05) is 12.8 Å². The van der Waals surface area contributed by atoms with Crippen LogP contribution in [0.3, 0.4) is 0 Å². The van der Waals surface area contributed by atoms with Crippen molar-refractivity contribution in [1.29, 1.82) is 0 Å². The van der Waals surface area contributed by atoms with Gasteiger partial charge in [-0.05, 0) is 36.2 Å². The van der Waals surface area contributed by atoms with Gasteiger partial charge >= 0.3 is 0 Å². The van der Waals surface area contributed by atoms with E-state index in [1.165, 1.54) is 0 Å². The number of nitrogens with two attached hydrogens (primary N) is 1. The first-order chi connectivity index (χ1) is 7.72. The molecule has 1 aromatic carbocycles. The Labute approximate surface area is 94.9 Å². The lowest BCUT2D eigenvalue weighted by molar-refractivity contribution is 0.399. The molecule has 16 heavy (non-hydrogen) atoms. The molecule has 0 unspecified atom stereocenters. The summed E-state index contributed by atoms with van der Waals surface area (Å²) in [6.07, 6.45) is 1.71. The van der Waals surface area contributed by atoms with Crippen LogP contribution in [-0.4, -0.2) is 12.1 Å². The average Bonchev–Trinajstić information content (AvgIpc) is 2.32. The number of nitrogens with zero attached hydrogens (tertiary/aromatic N) is 1. The minimum absolute atomic E-state index is 0.616. The van der Waals surface area contributed by atoms with E-state index in [4.69, 9.17) is 10.5 Å². The number of hydrogen-bond donors (Lipinski definition) is 1. The maximum Gasteiger partial charge on any atom is 0.221 e. The monoisotopic (exact) mass is 214 g/mol. The highest BCUT2D eigenvalue weighted by molar-refractivity contribution is 5.72. The lowest BCUT2D eigenvalue weighted by Gasteiger charge is -2.08. The molecule has 0 bridgehead atoms. The molecule has 0 aliphatic carbocycles. The molecule has 3 heteroatoms. The van der Waals surface area contributed by atoms with Gasteiger partial charge in [-0.25, -0.2) is 4.98 Å². The normalized spacial score (nSPS) is 10.1. The fourth-order valence-corrected chi connectivity index (χ4v) is 1.58. The fourth-order valence-electron chi connectivity index (χ4n) is 1.58. The molecule has 0 aliphatic rings. The van der Waals surface area contributed by atoms with Crippen molar-refractivity contribution >= 4 is 5.69 Å². The lowest BCUT2D eigenvalue weighted by Crippen LogP contribution is -1.93. The molecule has 2 aromatic rings. The summed E-state index contributed by atoms with van der Waals surface area (Å²) in [4.78, 5) is 4.16. The summed E-state index contributed by atoms with van der Waals surface area (Å²) in [6.45, 7) is 1.99. The van der Waals surface area contributed by atoms with Crippen molar-refractivity contribution in [3.8, 4) is 17.0 Å². The molecule has 0 radical (unpaired) electrons. The highest BCUT2D eigenvalue weighted by atomic mass is 16.5. The second-order valence-electron chi connectivity index (χ2n) is 3.63. The van der Waals surface area contributed by atoms with Gasteiger partial charge in [0.1, 0.15) is 0 Å². The van der Waals surface area contributed by atoms with Crippen LogP contribution in [0.1, 0.15) is 5.56 Å². The average molecular weight is 214 g/mol. The standard InChI is InChI=1S/C13H14N2O/c1-9-5-6-10(8-12(9)14)11-4-3-7-15-13(11)16-2/h3-8H,14H2,1-2H3. The minimum atomic E-state index is 0.616. The molecule has 3 nitrogen and oxygen atoms in total. The van der Waals surface area contributed by atoms with Crippen molar-refractivity contribution in [2.24, 2.45) is 0 Å². The van der Waals surface area contributed by atoms with Crippen LogP contribution in [0.4, 0.5) is 5.69 Å². The summed E-state index contributed by atoms with van der Waals surface area (Å²) >= 11 is 0. The number of pyridine rings is 1. The van der Waals surface area contributed by atoms with E-state index in [0.29, 0.717) is 5.88 Å². The molecule has 1 aromatic heterocycles. The second-order valence-corrected chi connectivity index (χ2v) is 3.63. The summed E-state index contributed by atoms with van der Waals surface area (Å²) in [5, 5.41) is 0. The Balaban J connectivity index is 2.54. The quantitative estimate of drug-likeness (QED) is 0.782. The molecule has 2 N–H and O–H groups in total. The number of rotatable bonds is 2. The maximum atomic E-state index is 5.89. The van der Waals surface area contributed by atoms with E-state index >= 15 is 0 Å². The molecular weight excluding hydrogens is 200 g/mol. The van der Waals surface area contributed by atoms with E-state index in [1.807, 2.05) is 37.3 Å². The minimum Gasteiger partial charge on any atom is -0.481 e. The molecule has 0 saturated heterocycles. The zero-order valence-corrected chi connectivity index (χ0v) is 9.40. The van der Waals surface area contributed by atoms with Crippen LogP contribution in [0.15, 0.2) is 36.5 Å².